The Morgan fingerprint density at radius 1 is 1.07 bits per heavy atom. The summed E-state index contributed by atoms with van der Waals surface area (Å²) >= 11 is 6.87. The van der Waals surface area contributed by atoms with Crippen LogP contribution in [0.1, 0.15) is 20.0 Å². The lowest BCUT2D eigenvalue weighted by molar-refractivity contribution is 0.0475. The maximum atomic E-state index is 12.6. The van der Waals surface area contributed by atoms with Crippen LogP contribution >= 0.6 is 22.9 Å². The first-order chi connectivity index (χ1) is 14.3. The van der Waals surface area contributed by atoms with Crippen LogP contribution in [0.4, 0.5) is 5.69 Å². The predicted octanol–water partition coefficient (Wildman–Crippen LogP) is 4.25. The number of esters is 1. The molecule has 0 spiro atoms. The Morgan fingerprint density at radius 3 is 2.43 bits per heavy atom. The minimum Gasteiger partial charge on any atom is -0.497 e. The van der Waals surface area contributed by atoms with Crippen LogP contribution in [-0.2, 0) is 14.8 Å². The Labute approximate surface area is 182 Å². The number of carbonyl (C=O) groups excluding carboxylic acids is 2. The quantitative estimate of drug-likeness (QED) is 0.394. The Bertz CT molecular complexity index is 1170. The molecule has 0 aliphatic rings. The summed E-state index contributed by atoms with van der Waals surface area (Å²) in [4.78, 5) is 24.5. The highest BCUT2D eigenvalue weighted by molar-refractivity contribution is 7.92. The van der Waals surface area contributed by atoms with Gasteiger partial charge in [-0.1, -0.05) is 17.7 Å². The highest BCUT2D eigenvalue weighted by Crippen LogP contribution is 2.22. The average molecular weight is 466 g/mol. The zero-order valence-electron chi connectivity index (χ0n) is 15.6. The summed E-state index contributed by atoms with van der Waals surface area (Å²) < 4.78 is 38.2. The van der Waals surface area contributed by atoms with E-state index in [-0.39, 0.29) is 10.5 Å². The second kappa shape index (κ2) is 9.29. The van der Waals surface area contributed by atoms with Gasteiger partial charge in [0.05, 0.1) is 26.8 Å². The fourth-order valence-electron chi connectivity index (χ4n) is 2.41. The fourth-order valence-corrected chi connectivity index (χ4v) is 4.48. The lowest BCUT2D eigenvalue weighted by Gasteiger charge is -2.10. The maximum Gasteiger partial charge on any atom is 0.338 e. The van der Waals surface area contributed by atoms with Gasteiger partial charge >= 0.3 is 5.97 Å². The van der Waals surface area contributed by atoms with E-state index in [0.717, 1.165) is 11.3 Å². The summed E-state index contributed by atoms with van der Waals surface area (Å²) in [6.07, 6.45) is 0. The zero-order valence-corrected chi connectivity index (χ0v) is 18.0. The molecular formula is C20H16ClNO6S2. The topological polar surface area (TPSA) is 98.8 Å². The molecule has 1 heterocycles. The summed E-state index contributed by atoms with van der Waals surface area (Å²) in [6, 6.07) is 14.8. The summed E-state index contributed by atoms with van der Waals surface area (Å²) in [6.45, 7) is -0.475. The third-order valence-electron chi connectivity index (χ3n) is 3.90. The number of sulfonamides is 1. The van der Waals surface area contributed by atoms with Gasteiger partial charge in [-0.15, -0.1) is 11.3 Å². The summed E-state index contributed by atoms with van der Waals surface area (Å²) in [5, 5.41) is 0. The van der Waals surface area contributed by atoms with Crippen LogP contribution in [-0.4, -0.2) is 33.9 Å². The first-order valence-electron chi connectivity index (χ1n) is 8.51. The number of halogens is 1. The molecule has 156 valence electrons. The highest BCUT2D eigenvalue weighted by Gasteiger charge is 2.18. The van der Waals surface area contributed by atoms with E-state index in [4.69, 9.17) is 21.1 Å². The Hall–Kier alpha value is -2.88. The molecule has 3 rings (SSSR count). The number of methoxy groups -OCH3 is 1. The van der Waals surface area contributed by atoms with Crippen molar-refractivity contribution in [2.45, 2.75) is 4.90 Å². The van der Waals surface area contributed by atoms with Gasteiger partial charge in [0, 0.05) is 5.69 Å². The molecule has 0 aliphatic heterocycles. The number of thiophene rings is 1. The second-order valence-corrected chi connectivity index (χ2v) is 9.36. The molecule has 2 aromatic carbocycles. The minimum absolute atomic E-state index is 0.00428. The number of hydrogen-bond acceptors (Lipinski definition) is 7. The molecule has 30 heavy (non-hydrogen) atoms. The number of ether oxygens (including phenoxy) is 2. The van der Waals surface area contributed by atoms with E-state index in [1.165, 1.54) is 31.4 Å². The van der Waals surface area contributed by atoms with E-state index in [1.807, 2.05) is 0 Å². The Balaban J connectivity index is 1.69. The number of nitrogens with one attached hydrogen (secondary N) is 1. The molecule has 0 fully saturated rings. The summed E-state index contributed by atoms with van der Waals surface area (Å²) in [5.74, 6) is -0.625. The Morgan fingerprint density at radius 2 is 1.80 bits per heavy atom. The van der Waals surface area contributed by atoms with Crippen molar-refractivity contribution in [2.24, 2.45) is 0 Å². The number of benzene rings is 2. The van der Waals surface area contributed by atoms with Crippen molar-refractivity contribution in [2.75, 3.05) is 18.4 Å². The van der Waals surface area contributed by atoms with Gasteiger partial charge in [0.2, 0.25) is 5.78 Å². The number of anilines is 1. The van der Waals surface area contributed by atoms with Crippen LogP contribution in [0.2, 0.25) is 4.34 Å². The zero-order chi connectivity index (χ0) is 21.7. The molecule has 1 aromatic heterocycles. The lowest BCUT2D eigenvalue weighted by atomic mass is 10.2. The summed E-state index contributed by atoms with van der Waals surface area (Å²) in [7, 11) is -2.43. The number of carbonyl (C=O) groups is 2. The number of hydrogen-bond donors (Lipinski definition) is 1. The standard InChI is InChI=1S/C20H16ClNO6S2/c1-27-15-7-5-14(6-8-15)22-30(25,26)16-4-2-3-13(11-16)20(24)28-12-17(23)18-9-10-19(21)29-18/h2-11,22H,12H2,1H3. The van der Waals surface area contributed by atoms with Gasteiger partial charge in [-0.3, -0.25) is 9.52 Å². The number of ketones is 1. The first kappa shape index (κ1) is 21.8. The van der Waals surface area contributed by atoms with E-state index in [2.05, 4.69) is 4.72 Å². The van der Waals surface area contributed by atoms with Crippen molar-refractivity contribution in [1.82, 2.24) is 0 Å². The molecular weight excluding hydrogens is 450 g/mol. The van der Waals surface area contributed by atoms with Crippen molar-refractivity contribution in [3.8, 4) is 5.75 Å². The molecule has 0 bridgehead atoms. The van der Waals surface area contributed by atoms with Gasteiger partial charge in [0.15, 0.2) is 6.61 Å². The van der Waals surface area contributed by atoms with E-state index in [9.17, 15) is 18.0 Å². The third-order valence-corrected chi connectivity index (χ3v) is 6.56. The maximum absolute atomic E-state index is 12.6. The molecule has 0 radical (unpaired) electrons. The van der Waals surface area contributed by atoms with Crippen LogP contribution in [0.15, 0.2) is 65.6 Å². The number of rotatable bonds is 8. The largest absolute Gasteiger partial charge is 0.497 e. The molecule has 0 amide bonds. The molecule has 0 saturated heterocycles. The average Bonchev–Trinajstić information content (AvgIpc) is 3.18. The second-order valence-electron chi connectivity index (χ2n) is 5.96. The van der Waals surface area contributed by atoms with E-state index in [1.54, 1.807) is 36.4 Å². The lowest BCUT2D eigenvalue weighted by Crippen LogP contribution is -2.16. The normalized spacial score (nSPS) is 11.0. The number of Topliss-reactive ketones (excluding diaryl/α,β-unsaturated/α-hetero) is 1. The molecule has 0 unspecified atom stereocenters. The molecule has 0 atom stereocenters. The van der Waals surface area contributed by atoms with E-state index >= 15 is 0 Å². The van der Waals surface area contributed by atoms with Gasteiger partial charge in [-0.25, -0.2) is 13.2 Å². The van der Waals surface area contributed by atoms with Crippen molar-refractivity contribution in [3.05, 3.63) is 75.4 Å². The van der Waals surface area contributed by atoms with Gasteiger partial charge in [0.1, 0.15) is 5.75 Å². The van der Waals surface area contributed by atoms with Crippen molar-refractivity contribution in [1.29, 1.82) is 0 Å². The smallest absolute Gasteiger partial charge is 0.338 e. The van der Waals surface area contributed by atoms with Gasteiger partial charge < -0.3 is 9.47 Å². The monoisotopic (exact) mass is 465 g/mol. The SMILES string of the molecule is COc1ccc(NS(=O)(=O)c2cccc(C(=O)OCC(=O)c3ccc(Cl)s3)c2)cc1. The Kier molecular flexibility index (Phi) is 6.76. The van der Waals surface area contributed by atoms with Crippen LogP contribution < -0.4 is 9.46 Å². The van der Waals surface area contributed by atoms with E-state index in [0.29, 0.717) is 20.7 Å². The predicted molar refractivity (Wildman–Crippen MR) is 114 cm³/mol. The van der Waals surface area contributed by atoms with Crippen LogP contribution in [0.5, 0.6) is 5.75 Å². The van der Waals surface area contributed by atoms with Crippen molar-refractivity contribution < 1.29 is 27.5 Å². The molecule has 0 aliphatic carbocycles. The third kappa shape index (κ3) is 5.38. The van der Waals surface area contributed by atoms with Crippen LogP contribution in [0, 0.1) is 0 Å². The minimum atomic E-state index is -3.94. The van der Waals surface area contributed by atoms with Gasteiger partial charge in [0.25, 0.3) is 10.0 Å². The van der Waals surface area contributed by atoms with Crippen LogP contribution in [0.3, 0.4) is 0 Å². The molecule has 3 aromatic rings. The first-order valence-corrected chi connectivity index (χ1v) is 11.2. The molecule has 7 nitrogen and oxygen atoms in total. The van der Waals surface area contributed by atoms with Crippen molar-refractivity contribution in [3.63, 3.8) is 0 Å². The highest BCUT2D eigenvalue weighted by atomic mass is 35.5. The van der Waals surface area contributed by atoms with E-state index < -0.39 is 28.4 Å². The molecule has 1 N–H and O–H groups in total. The fraction of sp³-hybridized carbons (Fsp3) is 0.100. The summed E-state index contributed by atoms with van der Waals surface area (Å²) in [5.41, 5.74) is 0.341. The van der Waals surface area contributed by atoms with Gasteiger partial charge in [-0.2, -0.15) is 0 Å². The van der Waals surface area contributed by atoms with Crippen molar-refractivity contribution >= 4 is 50.4 Å². The molecule has 10 heteroatoms. The van der Waals surface area contributed by atoms with Gasteiger partial charge in [-0.05, 0) is 54.6 Å². The molecule has 0 saturated carbocycles. The van der Waals surface area contributed by atoms with Crippen LogP contribution in [0.25, 0.3) is 0 Å².